The van der Waals surface area contributed by atoms with Crippen molar-refractivity contribution < 1.29 is 13.2 Å². The summed E-state index contributed by atoms with van der Waals surface area (Å²) in [5, 5.41) is 8.00. The van der Waals surface area contributed by atoms with E-state index >= 15 is 0 Å². The van der Waals surface area contributed by atoms with Crippen LogP contribution < -0.4 is 10.6 Å². The zero-order valence-corrected chi connectivity index (χ0v) is 16.4. The first-order chi connectivity index (χ1) is 12.2. The standard InChI is InChI=1S/C17H28F3N5S/c1-16(2,25-9-5-4-6-10-25)12-23-15(21-3)22-8-7-14-24-13(11-26-14)17(18,19)20/h11H,4-10,12H2,1-3H3,(H2,21,22,23). The number of hydrogen-bond acceptors (Lipinski definition) is 4. The van der Waals surface area contributed by atoms with Gasteiger partial charge in [-0.2, -0.15) is 13.2 Å². The quantitative estimate of drug-likeness (QED) is 0.578. The van der Waals surface area contributed by atoms with Crippen LogP contribution in [0.3, 0.4) is 0 Å². The molecule has 1 fully saturated rings. The molecule has 0 amide bonds. The van der Waals surface area contributed by atoms with Crippen molar-refractivity contribution in [1.82, 2.24) is 20.5 Å². The van der Waals surface area contributed by atoms with Gasteiger partial charge in [-0.3, -0.25) is 9.89 Å². The maximum Gasteiger partial charge on any atom is 0.434 e. The first kappa shape index (κ1) is 21.0. The minimum absolute atomic E-state index is 0.0228. The smallest absolute Gasteiger partial charge is 0.356 e. The molecule has 1 aromatic rings. The topological polar surface area (TPSA) is 52.6 Å². The van der Waals surface area contributed by atoms with Crippen LogP contribution in [0, 0.1) is 0 Å². The monoisotopic (exact) mass is 391 g/mol. The molecule has 0 aliphatic carbocycles. The number of hydrogen-bond donors (Lipinski definition) is 2. The number of likely N-dealkylation sites (tertiary alicyclic amines) is 1. The van der Waals surface area contributed by atoms with Crippen LogP contribution in [0.4, 0.5) is 13.2 Å². The Hall–Kier alpha value is -1.35. The van der Waals surface area contributed by atoms with E-state index in [0.717, 1.165) is 36.4 Å². The average Bonchev–Trinajstić information content (AvgIpc) is 3.08. The number of halogens is 3. The summed E-state index contributed by atoms with van der Waals surface area (Å²) in [4.78, 5) is 10.3. The maximum atomic E-state index is 12.6. The van der Waals surface area contributed by atoms with Crippen molar-refractivity contribution in [2.24, 2.45) is 4.99 Å². The average molecular weight is 392 g/mol. The largest absolute Gasteiger partial charge is 0.434 e. The van der Waals surface area contributed by atoms with Crippen LogP contribution in [-0.4, -0.2) is 54.6 Å². The molecule has 0 saturated carbocycles. The van der Waals surface area contributed by atoms with Crippen LogP contribution in [0.25, 0.3) is 0 Å². The molecule has 0 unspecified atom stereocenters. The fourth-order valence-corrected chi connectivity index (χ4v) is 3.78. The molecule has 1 aliphatic heterocycles. The summed E-state index contributed by atoms with van der Waals surface area (Å²) in [5.74, 6) is 0.655. The third-order valence-electron chi connectivity index (χ3n) is 4.60. The summed E-state index contributed by atoms with van der Waals surface area (Å²) >= 11 is 1.03. The molecule has 0 aromatic carbocycles. The van der Waals surface area contributed by atoms with Crippen molar-refractivity contribution in [3.8, 4) is 0 Å². The molecule has 9 heteroatoms. The molecule has 0 spiro atoms. The predicted octanol–water partition coefficient (Wildman–Crippen LogP) is 3.13. The van der Waals surface area contributed by atoms with E-state index in [1.807, 2.05) is 0 Å². The Balaban J connectivity index is 1.76. The van der Waals surface area contributed by atoms with Gasteiger partial charge in [0.15, 0.2) is 11.7 Å². The lowest BCUT2D eigenvalue weighted by atomic mass is 9.98. The van der Waals surface area contributed by atoms with Crippen LogP contribution in [0.15, 0.2) is 10.4 Å². The highest BCUT2D eigenvalue weighted by Gasteiger charge is 2.33. The van der Waals surface area contributed by atoms with E-state index in [2.05, 4.69) is 39.4 Å². The summed E-state index contributed by atoms with van der Waals surface area (Å²) in [5.41, 5.74) is -0.794. The zero-order chi connectivity index (χ0) is 19.2. The first-order valence-electron chi connectivity index (χ1n) is 8.93. The number of aromatic nitrogens is 1. The Labute approximate surface area is 157 Å². The van der Waals surface area contributed by atoms with Crippen molar-refractivity contribution >= 4 is 17.3 Å². The minimum atomic E-state index is -4.38. The molecular weight excluding hydrogens is 363 g/mol. The van der Waals surface area contributed by atoms with Crippen molar-refractivity contribution in [2.75, 3.05) is 33.2 Å². The van der Waals surface area contributed by atoms with Gasteiger partial charge in [0.25, 0.3) is 0 Å². The third kappa shape index (κ3) is 6.12. The van der Waals surface area contributed by atoms with Gasteiger partial charge in [0, 0.05) is 37.5 Å². The van der Waals surface area contributed by atoms with Gasteiger partial charge in [-0.25, -0.2) is 4.98 Å². The molecule has 1 aliphatic rings. The summed E-state index contributed by atoms with van der Waals surface area (Å²) in [6.07, 6.45) is -0.166. The van der Waals surface area contributed by atoms with Gasteiger partial charge in [0.05, 0.1) is 5.01 Å². The Bertz CT molecular complexity index is 591. The van der Waals surface area contributed by atoms with E-state index < -0.39 is 11.9 Å². The zero-order valence-electron chi connectivity index (χ0n) is 15.6. The number of nitrogens with one attached hydrogen (secondary N) is 2. The van der Waals surface area contributed by atoms with E-state index in [9.17, 15) is 13.2 Å². The number of guanidine groups is 1. The molecule has 26 heavy (non-hydrogen) atoms. The number of nitrogens with zero attached hydrogens (tertiary/aromatic N) is 3. The van der Waals surface area contributed by atoms with E-state index in [0.29, 0.717) is 23.9 Å². The van der Waals surface area contributed by atoms with Crippen LogP contribution in [0.1, 0.15) is 43.8 Å². The second kappa shape index (κ2) is 9.03. The Morgan fingerprint density at radius 1 is 1.23 bits per heavy atom. The molecule has 0 radical (unpaired) electrons. The number of piperidine rings is 1. The molecule has 2 heterocycles. The van der Waals surface area contributed by atoms with Crippen LogP contribution >= 0.6 is 11.3 Å². The Morgan fingerprint density at radius 3 is 2.50 bits per heavy atom. The predicted molar refractivity (Wildman–Crippen MR) is 99.7 cm³/mol. The molecule has 0 bridgehead atoms. The van der Waals surface area contributed by atoms with Gasteiger partial charge in [-0.15, -0.1) is 11.3 Å². The summed E-state index contributed by atoms with van der Waals surface area (Å²) in [6.45, 7) is 7.90. The Morgan fingerprint density at radius 2 is 1.92 bits per heavy atom. The van der Waals surface area contributed by atoms with Crippen molar-refractivity contribution in [2.45, 2.75) is 51.2 Å². The van der Waals surface area contributed by atoms with Crippen molar-refractivity contribution in [3.63, 3.8) is 0 Å². The molecule has 148 valence electrons. The van der Waals surface area contributed by atoms with Crippen molar-refractivity contribution in [3.05, 3.63) is 16.1 Å². The fraction of sp³-hybridized carbons (Fsp3) is 0.765. The Kier molecular flexibility index (Phi) is 7.28. The van der Waals surface area contributed by atoms with Gasteiger partial charge in [-0.05, 0) is 39.8 Å². The number of alkyl halides is 3. The van der Waals surface area contributed by atoms with E-state index in [4.69, 9.17) is 0 Å². The van der Waals surface area contributed by atoms with Crippen LogP contribution in [-0.2, 0) is 12.6 Å². The molecule has 0 atom stereocenters. The normalized spacial score (nSPS) is 17.4. The van der Waals surface area contributed by atoms with Crippen molar-refractivity contribution in [1.29, 1.82) is 0 Å². The van der Waals surface area contributed by atoms with Gasteiger partial charge in [-0.1, -0.05) is 6.42 Å². The highest BCUT2D eigenvalue weighted by atomic mass is 32.1. The van der Waals surface area contributed by atoms with Gasteiger partial charge >= 0.3 is 6.18 Å². The van der Waals surface area contributed by atoms with Crippen LogP contribution in [0.2, 0.25) is 0 Å². The van der Waals surface area contributed by atoms with Gasteiger partial charge < -0.3 is 10.6 Å². The minimum Gasteiger partial charge on any atom is -0.356 e. The highest BCUT2D eigenvalue weighted by Crippen LogP contribution is 2.30. The highest BCUT2D eigenvalue weighted by molar-refractivity contribution is 7.09. The molecule has 1 aromatic heterocycles. The summed E-state index contributed by atoms with van der Waals surface area (Å²) in [7, 11) is 1.69. The lowest BCUT2D eigenvalue weighted by Gasteiger charge is -2.41. The lowest BCUT2D eigenvalue weighted by molar-refractivity contribution is -0.140. The molecular formula is C17H28F3N5S. The van der Waals surface area contributed by atoms with E-state index in [1.165, 1.54) is 19.3 Å². The number of aliphatic imine (C=N–C) groups is 1. The SMILES string of the molecule is CN=C(NCCc1nc(C(F)(F)F)cs1)NCC(C)(C)N1CCCCC1. The van der Waals surface area contributed by atoms with E-state index in [1.54, 1.807) is 7.05 Å². The second-order valence-corrected chi connectivity index (χ2v) is 8.03. The number of rotatable bonds is 6. The third-order valence-corrected chi connectivity index (χ3v) is 5.51. The summed E-state index contributed by atoms with van der Waals surface area (Å²) in [6, 6.07) is 0. The first-order valence-corrected chi connectivity index (χ1v) is 9.81. The maximum absolute atomic E-state index is 12.6. The number of thiazole rings is 1. The van der Waals surface area contributed by atoms with Crippen LogP contribution in [0.5, 0.6) is 0 Å². The van der Waals surface area contributed by atoms with E-state index in [-0.39, 0.29) is 5.54 Å². The van der Waals surface area contributed by atoms with Gasteiger partial charge in [0.1, 0.15) is 0 Å². The second-order valence-electron chi connectivity index (χ2n) is 7.09. The molecule has 2 rings (SSSR count). The lowest BCUT2D eigenvalue weighted by Crippen LogP contribution is -2.55. The summed E-state index contributed by atoms with van der Waals surface area (Å²) < 4.78 is 37.7. The molecule has 2 N–H and O–H groups in total. The van der Waals surface area contributed by atoms with Gasteiger partial charge in [0.2, 0.25) is 0 Å². The molecule has 5 nitrogen and oxygen atoms in total. The fourth-order valence-electron chi connectivity index (χ4n) is 2.98. The molecule has 1 saturated heterocycles.